The lowest BCUT2D eigenvalue weighted by molar-refractivity contribution is -0.128. The summed E-state index contributed by atoms with van der Waals surface area (Å²) in [6, 6.07) is 10.5. The number of rotatable bonds is 8. The fourth-order valence-electron chi connectivity index (χ4n) is 2.29. The molecule has 1 rings (SSSR count). The van der Waals surface area contributed by atoms with Crippen LogP contribution >= 0.6 is 11.6 Å². The van der Waals surface area contributed by atoms with Gasteiger partial charge in [-0.25, -0.2) is 0 Å². The van der Waals surface area contributed by atoms with Gasteiger partial charge < -0.3 is 5.32 Å². The highest BCUT2D eigenvalue weighted by atomic mass is 35.5. The van der Waals surface area contributed by atoms with Crippen molar-refractivity contribution in [3.05, 3.63) is 35.9 Å². The Morgan fingerprint density at radius 3 is 2.29 bits per heavy atom. The lowest BCUT2D eigenvalue weighted by atomic mass is 9.95. The molecule has 118 valence electrons. The highest BCUT2D eigenvalue weighted by molar-refractivity contribution is 6.19. The van der Waals surface area contributed by atoms with Crippen molar-refractivity contribution < 1.29 is 4.79 Å². The molecule has 0 saturated carbocycles. The van der Waals surface area contributed by atoms with E-state index in [2.05, 4.69) is 36.2 Å². The molecule has 21 heavy (non-hydrogen) atoms. The van der Waals surface area contributed by atoms with Gasteiger partial charge in [-0.1, -0.05) is 44.2 Å². The van der Waals surface area contributed by atoms with Crippen molar-refractivity contribution in [2.75, 3.05) is 25.5 Å². The quantitative estimate of drug-likeness (QED) is 0.746. The highest BCUT2D eigenvalue weighted by Gasteiger charge is 2.27. The number of carbonyl (C=O) groups is 1. The second-order valence-electron chi connectivity index (χ2n) is 5.88. The van der Waals surface area contributed by atoms with Gasteiger partial charge in [0, 0.05) is 12.4 Å². The predicted octanol–water partition coefficient (Wildman–Crippen LogP) is 3.45. The van der Waals surface area contributed by atoms with Crippen LogP contribution in [0.2, 0.25) is 0 Å². The van der Waals surface area contributed by atoms with Crippen molar-refractivity contribution in [2.24, 2.45) is 5.41 Å². The van der Waals surface area contributed by atoms with Crippen molar-refractivity contribution in [3.63, 3.8) is 0 Å². The lowest BCUT2D eigenvalue weighted by Crippen LogP contribution is -2.43. The molecule has 3 nitrogen and oxygen atoms in total. The molecule has 1 amide bonds. The van der Waals surface area contributed by atoms with Gasteiger partial charge in [-0.3, -0.25) is 9.69 Å². The van der Waals surface area contributed by atoms with Crippen LogP contribution in [-0.2, 0) is 4.79 Å². The van der Waals surface area contributed by atoms with E-state index in [0.717, 1.165) is 13.1 Å². The minimum Gasteiger partial charge on any atom is -0.354 e. The number of halogens is 1. The first-order chi connectivity index (χ1) is 9.96. The molecule has 0 fully saturated rings. The van der Waals surface area contributed by atoms with Crippen LogP contribution in [0.25, 0.3) is 0 Å². The summed E-state index contributed by atoms with van der Waals surface area (Å²) in [4.78, 5) is 14.6. The first kappa shape index (κ1) is 18.0. The Kier molecular flexibility index (Phi) is 7.20. The van der Waals surface area contributed by atoms with Gasteiger partial charge in [0.2, 0.25) is 5.91 Å². The molecule has 0 spiro atoms. The Bertz CT molecular complexity index is 430. The SMILES string of the molecule is CCN(CC)C(CNC(=O)C(C)(C)CCl)c1ccccc1. The fraction of sp³-hybridized carbons (Fsp3) is 0.588. The number of amides is 1. The average Bonchev–Trinajstić information content (AvgIpc) is 2.51. The Hall–Kier alpha value is -1.06. The van der Waals surface area contributed by atoms with Crippen LogP contribution in [0.3, 0.4) is 0 Å². The minimum absolute atomic E-state index is 0.00517. The Labute approximate surface area is 133 Å². The van der Waals surface area contributed by atoms with E-state index in [0.29, 0.717) is 12.4 Å². The van der Waals surface area contributed by atoms with E-state index in [4.69, 9.17) is 11.6 Å². The van der Waals surface area contributed by atoms with Gasteiger partial charge in [-0.2, -0.15) is 0 Å². The molecule has 0 aliphatic heterocycles. The number of nitrogens with one attached hydrogen (secondary N) is 1. The molecule has 0 aliphatic carbocycles. The molecule has 0 heterocycles. The molecule has 1 aromatic rings. The first-order valence-corrected chi connectivity index (χ1v) is 8.13. The Balaban J connectivity index is 2.82. The molecule has 1 atom stereocenters. The molecule has 1 aromatic carbocycles. The molecule has 1 N–H and O–H groups in total. The van der Waals surface area contributed by atoms with E-state index in [1.54, 1.807) is 0 Å². The van der Waals surface area contributed by atoms with E-state index in [1.807, 2.05) is 32.0 Å². The Morgan fingerprint density at radius 2 is 1.81 bits per heavy atom. The summed E-state index contributed by atoms with van der Waals surface area (Å²) in [5, 5.41) is 3.06. The number of alkyl halides is 1. The maximum Gasteiger partial charge on any atom is 0.226 e. The molecule has 0 bridgehead atoms. The van der Waals surface area contributed by atoms with Gasteiger partial charge in [-0.05, 0) is 32.5 Å². The van der Waals surface area contributed by atoms with Crippen LogP contribution in [-0.4, -0.2) is 36.3 Å². The molecule has 0 radical (unpaired) electrons. The summed E-state index contributed by atoms with van der Waals surface area (Å²) in [6.45, 7) is 10.5. The predicted molar refractivity (Wildman–Crippen MR) is 89.6 cm³/mol. The van der Waals surface area contributed by atoms with Gasteiger partial charge in [0.15, 0.2) is 0 Å². The summed E-state index contributed by atoms with van der Waals surface area (Å²) >= 11 is 5.87. The third-order valence-corrected chi connectivity index (χ3v) is 4.51. The van der Waals surface area contributed by atoms with Crippen LogP contribution in [0.5, 0.6) is 0 Å². The van der Waals surface area contributed by atoms with Gasteiger partial charge in [0.1, 0.15) is 0 Å². The first-order valence-electron chi connectivity index (χ1n) is 7.59. The van der Waals surface area contributed by atoms with Crippen LogP contribution in [0, 0.1) is 5.41 Å². The lowest BCUT2D eigenvalue weighted by Gasteiger charge is -2.31. The second kappa shape index (κ2) is 8.40. The third-order valence-electron chi connectivity index (χ3n) is 3.84. The molecule has 0 aromatic heterocycles. The summed E-state index contributed by atoms with van der Waals surface area (Å²) in [5.41, 5.74) is 0.691. The third kappa shape index (κ3) is 5.01. The molecular weight excluding hydrogens is 284 g/mol. The van der Waals surface area contributed by atoms with Crippen LogP contribution in [0.1, 0.15) is 39.3 Å². The maximum atomic E-state index is 12.2. The van der Waals surface area contributed by atoms with Crippen LogP contribution in [0.4, 0.5) is 0 Å². The van der Waals surface area contributed by atoms with Crippen molar-refractivity contribution in [3.8, 4) is 0 Å². The number of benzene rings is 1. The molecule has 1 unspecified atom stereocenters. The molecule has 0 aliphatic rings. The van der Waals surface area contributed by atoms with Crippen molar-refractivity contribution >= 4 is 17.5 Å². The number of hydrogen-bond acceptors (Lipinski definition) is 2. The largest absolute Gasteiger partial charge is 0.354 e. The van der Waals surface area contributed by atoms with Gasteiger partial charge in [0.25, 0.3) is 0 Å². The van der Waals surface area contributed by atoms with Gasteiger partial charge in [-0.15, -0.1) is 11.6 Å². The van der Waals surface area contributed by atoms with E-state index in [9.17, 15) is 4.79 Å². The van der Waals surface area contributed by atoms with Crippen molar-refractivity contribution in [1.82, 2.24) is 10.2 Å². The van der Waals surface area contributed by atoms with Crippen LogP contribution in [0.15, 0.2) is 30.3 Å². The smallest absolute Gasteiger partial charge is 0.226 e. The van der Waals surface area contributed by atoms with Crippen molar-refractivity contribution in [2.45, 2.75) is 33.7 Å². The second-order valence-corrected chi connectivity index (χ2v) is 6.14. The summed E-state index contributed by atoms with van der Waals surface area (Å²) < 4.78 is 0. The monoisotopic (exact) mass is 310 g/mol. The van der Waals surface area contributed by atoms with E-state index >= 15 is 0 Å². The number of likely N-dealkylation sites (N-methyl/N-ethyl adjacent to an activating group) is 1. The van der Waals surface area contributed by atoms with E-state index in [-0.39, 0.29) is 11.9 Å². The normalized spacial score (nSPS) is 13.2. The number of nitrogens with zero attached hydrogens (tertiary/aromatic N) is 1. The summed E-state index contributed by atoms with van der Waals surface area (Å²) in [6.07, 6.45) is 0. The standard InChI is InChI=1S/C17H27ClN2O/c1-5-20(6-2)15(14-10-8-7-9-11-14)12-19-16(21)17(3,4)13-18/h7-11,15H,5-6,12-13H2,1-4H3,(H,19,21). The zero-order valence-corrected chi connectivity index (χ0v) is 14.3. The molecule has 4 heteroatoms. The Morgan fingerprint density at radius 1 is 1.24 bits per heavy atom. The van der Waals surface area contributed by atoms with Crippen LogP contribution < -0.4 is 5.32 Å². The maximum absolute atomic E-state index is 12.2. The van der Waals surface area contributed by atoms with Gasteiger partial charge in [0.05, 0.1) is 11.5 Å². The number of carbonyl (C=O) groups excluding carboxylic acids is 1. The van der Waals surface area contributed by atoms with E-state index < -0.39 is 5.41 Å². The fourth-order valence-corrected chi connectivity index (χ4v) is 2.41. The summed E-state index contributed by atoms with van der Waals surface area (Å²) in [5.74, 6) is 0.325. The van der Waals surface area contributed by atoms with E-state index in [1.165, 1.54) is 5.56 Å². The number of hydrogen-bond donors (Lipinski definition) is 1. The molecule has 0 saturated heterocycles. The average molecular weight is 311 g/mol. The highest BCUT2D eigenvalue weighted by Crippen LogP contribution is 2.21. The van der Waals surface area contributed by atoms with Gasteiger partial charge >= 0.3 is 0 Å². The minimum atomic E-state index is -0.536. The topological polar surface area (TPSA) is 32.3 Å². The van der Waals surface area contributed by atoms with Crippen molar-refractivity contribution in [1.29, 1.82) is 0 Å². The zero-order valence-electron chi connectivity index (χ0n) is 13.5. The summed E-state index contributed by atoms with van der Waals surface area (Å²) in [7, 11) is 0. The zero-order chi connectivity index (χ0) is 15.9. The molecular formula is C17H27ClN2O.